The molecule has 1 unspecified atom stereocenters. The SMILES string of the molecule is COC(N)c1nc2ccc3ncnc(Nc4ccc(Cl)cc4Cl)c3c2s1. The van der Waals surface area contributed by atoms with Crippen LogP contribution in [0.5, 0.6) is 0 Å². The van der Waals surface area contributed by atoms with Crippen molar-refractivity contribution in [2.75, 3.05) is 12.4 Å². The number of rotatable bonds is 4. The third kappa shape index (κ3) is 3.08. The van der Waals surface area contributed by atoms with E-state index in [1.165, 1.54) is 17.7 Å². The molecule has 6 nitrogen and oxygen atoms in total. The van der Waals surface area contributed by atoms with Crippen LogP contribution in [0.4, 0.5) is 11.5 Å². The molecule has 0 spiro atoms. The lowest BCUT2D eigenvalue weighted by Gasteiger charge is -2.10. The van der Waals surface area contributed by atoms with Crippen LogP contribution in [0, 0.1) is 0 Å². The smallest absolute Gasteiger partial charge is 0.158 e. The molecule has 0 aliphatic carbocycles. The molecular formula is C17H13Cl2N5OS. The molecule has 4 rings (SSSR count). The van der Waals surface area contributed by atoms with E-state index in [4.69, 9.17) is 33.7 Å². The number of nitrogens with zero attached hydrogens (tertiary/aromatic N) is 3. The van der Waals surface area contributed by atoms with Crippen LogP contribution in [-0.2, 0) is 4.74 Å². The van der Waals surface area contributed by atoms with Gasteiger partial charge in [-0.15, -0.1) is 11.3 Å². The van der Waals surface area contributed by atoms with Crippen LogP contribution in [0.1, 0.15) is 11.2 Å². The molecule has 2 aromatic carbocycles. The molecule has 4 aromatic rings. The first kappa shape index (κ1) is 17.4. The van der Waals surface area contributed by atoms with E-state index in [1.807, 2.05) is 12.1 Å². The largest absolute Gasteiger partial charge is 0.360 e. The van der Waals surface area contributed by atoms with Crippen molar-refractivity contribution in [1.82, 2.24) is 15.0 Å². The molecule has 2 aromatic heterocycles. The Kier molecular flexibility index (Phi) is 4.64. The van der Waals surface area contributed by atoms with Gasteiger partial charge in [0.1, 0.15) is 17.2 Å². The molecule has 0 aliphatic rings. The maximum absolute atomic E-state index is 6.28. The summed E-state index contributed by atoms with van der Waals surface area (Å²) in [5.74, 6) is 0.631. The van der Waals surface area contributed by atoms with E-state index in [0.29, 0.717) is 26.6 Å². The average molecular weight is 406 g/mol. The second-order valence-electron chi connectivity index (χ2n) is 5.49. The Balaban J connectivity index is 1.90. The fourth-order valence-corrected chi connectivity index (χ4v) is 4.13. The molecule has 1 atom stereocenters. The normalized spacial score (nSPS) is 12.6. The van der Waals surface area contributed by atoms with Crippen molar-refractivity contribution in [3.63, 3.8) is 0 Å². The van der Waals surface area contributed by atoms with Crippen LogP contribution in [0.3, 0.4) is 0 Å². The van der Waals surface area contributed by atoms with Crippen molar-refractivity contribution in [1.29, 1.82) is 0 Å². The molecule has 0 saturated heterocycles. The predicted octanol–water partition coefficient (Wildman–Crippen LogP) is 4.89. The maximum Gasteiger partial charge on any atom is 0.158 e. The number of halogens is 2. The summed E-state index contributed by atoms with van der Waals surface area (Å²) in [7, 11) is 1.55. The van der Waals surface area contributed by atoms with E-state index in [2.05, 4.69) is 20.3 Å². The molecule has 0 bridgehead atoms. The molecule has 0 amide bonds. The van der Waals surface area contributed by atoms with Gasteiger partial charge in [-0.25, -0.2) is 15.0 Å². The molecule has 9 heteroatoms. The van der Waals surface area contributed by atoms with Crippen molar-refractivity contribution < 1.29 is 4.74 Å². The van der Waals surface area contributed by atoms with Crippen molar-refractivity contribution in [2.45, 2.75) is 6.23 Å². The number of benzene rings is 2. The van der Waals surface area contributed by atoms with Crippen LogP contribution in [-0.4, -0.2) is 22.1 Å². The van der Waals surface area contributed by atoms with Crippen molar-refractivity contribution in [2.24, 2.45) is 5.73 Å². The van der Waals surface area contributed by atoms with E-state index in [-0.39, 0.29) is 0 Å². The lowest BCUT2D eigenvalue weighted by Crippen LogP contribution is -2.11. The van der Waals surface area contributed by atoms with E-state index in [9.17, 15) is 0 Å². The number of thiazole rings is 1. The Morgan fingerprint density at radius 3 is 2.73 bits per heavy atom. The van der Waals surface area contributed by atoms with Crippen LogP contribution in [0.2, 0.25) is 10.0 Å². The number of hydrogen-bond donors (Lipinski definition) is 2. The van der Waals surface area contributed by atoms with Gasteiger partial charge in [0, 0.05) is 12.1 Å². The summed E-state index contributed by atoms with van der Waals surface area (Å²) in [6.07, 6.45) is 0.928. The number of nitrogens with two attached hydrogens (primary N) is 1. The van der Waals surface area contributed by atoms with Gasteiger partial charge in [-0.1, -0.05) is 23.2 Å². The van der Waals surface area contributed by atoms with E-state index < -0.39 is 6.23 Å². The Morgan fingerprint density at radius 1 is 1.15 bits per heavy atom. The van der Waals surface area contributed by atoms with Gasteiger partial charge in [-0.3, -0.25) is 0 Å². The monoisotopic (exact) mass is 405 g/mol. The van der Waals surface area contributed by atoms with Crippen molar-refractivity contribution in [3.8, 4) is 0 Å². The highest BCUT2D eigenvalue weighted by Crippen LogP contribution is 2.36. The summed E-state index contributed by atoms with van der Waals surface area (Å²) < 4.78 is 6.11. The van der Waals surface area contributed by atoms with Crippen molar-refractivity contribution >= 4 is 67.2 Å². The van der Waals surface area contributed by atoms with Gasteiger partial charge < -0.3 is 15.8 Å². The average Bonchev–Trinajstić information content (AvgIpc) is 3.08. The van der Waals surface area contributed by atoms with Gasteiger partial charge in [0.05, 0.1) is 31.8 Å². The van der Waals surface area contributed by atoms with Gasteiger partial charge in [0.2, 0.25) is 0 Å². The number of methoxy groups -OCH3 is 1. The third-order valence-electron chi connectivity index (χ3n) is 3.85. The minimum Gasteiger partial charge on any atom is -0.360 e. The summed E-state index contributed by atoms with van der Waals surface area (Å²) in [5, 5.41) is 5.87. The molecule has 0 saturated carbocycles. The number of fused-ring (bicyclic) bond motifs is 3. The van der Waals surface area contributed by atoms with Gasteiger partial charge in [0.25, 0.3) is 0 Å². The van der Waals surface area contributed by atoms with Crippen LogP contribution in [0.15, 0.2) is 36.7 Å². The summed E-state index contributed by atoms with van der Waals surface area (Å²) in [5.41, 5.74) is 8.25. The molecule has 2 heterocycles. The Bertz CT molecular complexity index is 1120. The summed E-state index contributed by atoms with van der Waals surface area (Å²) in [4.78, 5) is 13.3. The van der Waals surface area contributed by atoms with E-state index >= 15 is 0 Å². The quantitative estimate of drug-likeness (QED) is 0.469. The molecule has 26 heavy (non-hydrogen) atoms. The zero-order valence-electron chi connectivity index (χ0n) is 13.5. The first-order chi connectivity index (χ1) is 12.6. The van der Waals surface area contributed by atoms with E-state index in [0.717, 1.165) is 21.1 Å². The Labute approximate surface area is 162 Å². The second-order valence-corrected chi connectivity index (χ2v) is 7.36. The lowest BCUT2D eigenvalue weighted by molar-refractivity contribution is 0.109. The van der Waals surface area contributed by atoms with Crippen LogP contribution in [0.25, 0.3) is 21.1 Å². The highest BCUT2D eigenvalue weighted by atomic mass is 35.5. The summed E-state index contributed by atoms with van der Waals surface area (Å²) in [6, 6.07) is 9.05. The first-order valence-corrected chi connectivity index (χ1v) is 9.18. The van der Waals surface area contributed by atoms with Gasteiger partial charge in [-0.05, 0) is 30.3 Å². The second kappa shape index (κ2) is 6.94. The fourth-order valence-electron chi connectivity index (χ4n) is 2.58. The van der Waals surface area contributed by atoms with Gasteiger partial charge >= 0.3 is 0 Å². The maximum atomic E-state index is 6.28. The number of nitrogens with one attached hydrogen (secondary N) is 1. The van der Waals surface area contributed by atoms with Crippen molar-refractivity contribution in [3.05, 3.63) is 51.7 Å². The summed E-state index contributed by atoms with van der Waals surface area (Å²) in [6.45, 7) is 0. The Hall–Kier alpha value is -2.03. The number of ether oxygens (including phenoxy) is 1. The predicted molar refractivity (Wildman–Crippen MR) is 106 cm³/mol. The minimum atomic E-state index is -0.575. The zero-order chi connectivity index (χ0) is 18.3. The van der Waals surface area contributed by atoms with Crippen LogP contribution >= 0.6 is 34.5 Å². The summed E-state index contributed by atoms with van der Waals surface area (Å²) >= 11 is 13.7. The minimum absolute atomic E-state index is 0.503. The highest BCUT2D eigenvalue weighted by Gasteiger charge is 2.16. The number of aromatic nitrogens is 3. The Morgan fingerprint density at radius 2 is 1.96 bits per heavy atom. The number of anilines is 2. The highest BCUT2D eigenvalue weighted by molar-refractivity contribution is 7.19. The zero-order valence-corrected chi connectivity index (χ0v) is 15.9. The van der Waals surface area contributed by atoms with Gasteiger partial charge in [0.15, 0.2) is 6.23 Å². The van der Waals surface area contributed by atoms with E-state index in [1.54, 1.807) is 25.3 Å². The molecule has 0 fully saturated rings. The fraction of sp³-hybridized carbons (Fsp3) is 0.118. The first-order valence-electron chi connectivity index (χ1n) is 7.61. The standard InChI is InChI=1S/C17H13Cl2N5OS/c1-25-15(20)17-24-12-5-4-11-13(14(12)26-17)16(22-7-21-11)23-10-3-2-8(18)6-9(10)19/h2-7,15H,20H2,1H3,(H,21,22,23). The molecule has 132 valence electrons. The number of hydrogen-bond acceptors (Lipinski definition) is 7. The molecular weight excluding hydrogens is 393 g/mol. The van der Waals surface area contributed by atoms with Gasteiger partial charge in [-0.2, -0.15) is 0 Å². The topological polar surface area (TPSA) is 86.0 Å². The van der Waals surface area contributed by atoms with Crippen LogP contribution < -0.4 is 11.1 Å². The molecule has 0 radical (unpaired) electrons. The molecule has 3 N–H and O–H groups in total. The lowest BCUT2D eigenvalue weighted by atomic mass is 10.2. The molecule has 0 aliphatic heterocycles. The third-order valence-corrected chi connectivity index (χ3v) is 5.55.